The van der Waals surface area contributed by atoms with E-state index in [1.54, 1.807) is 0 Å². The molecule has 0 radical (unpaired) electrons. The molecule has 18 heavy (non-hydrogen) atoms. The molecular weight excluding hydrogens is 228 g/mol. The Morgan fingerprint density at radius 2 is 1.78 bits per heavy atom. The Balaban J connectivity index is 1.95. The van der Waals surface area contributed by atoms with E-state index in [0.717, 1.165) is 12.8 Å². The van der Waals surface area contributed by atoms with Crippen LogP contribution in [0.15, 0.2) is 0 Å². The van der Waals surface area contributed by atoms with Crippen LogP contribution in [-0.4, -0.2) is 41.1 Å². The van der Waals surface area contributed by atoms with Crippen LogP contribution < -0.4 is 5.73 Å². The van der Waals surface area contributed by atoms with Crippen molar-refractivity contribution < 1.29 is 9.90 Å². The lowest BCUT2D eigenvalue weighted by molar-refractivity contribution is -0.145. The molecule has 4 heteroatoms. The molecule has 0 amide bonds. The van der Waals surface area contributed by atoms with Crippen molar-refractivity contribution in [2.45, 2.75) is 62.9 Å². The molecule has 0 bridgehead atoms. The maximum absolute atomic E-state index is 11.4. The molecule has 2 aliphatic carbocycles. The second-order valence-electron chi connectivity index (χ2n) is 6.18. The van der Waals surface area contributed by atoms with Gasteiger partial charge in [0.05, 0.1) is 0 Å². The highest BCUT2D eigenvalue weighted by Crippen LogP contribution is 2.39. The highest BCUT2D eigenvalue weighted by Gasteiger charge is 2.49. The number of carboxylic acids is 1. The maximum atomic E-state index is 11.4. The lowest BCUT2D eigenvalue weighted by Gasteiger charge is -2.34. The number of hydrogen-bond acceptors (Lipinski definition) is 3. The third kappa shape index (κ3) is 3.04. The molecule has 2 aliphatic rings. The van der Waals surface area contributed by atoms with E-state index in [4.69, 9.17) is 5.73 Å². The van der Waals surface area contributed by atoms with Crippen molar-refractivity contribution in [1.29, 1.82) is 0 Å². The fourth-order valence-corrected chi connectivity index (χ4v) is 3.21. The Kier molecular flexibility index (Phi) is 4.28. The number of carbonyl (C=O) groups is 1. The summed E-state index contributed by atoms with van der Waals surface area (Å²) < 4.78 is 0. The monoisotopic (exact) mass is 254 g/mol. The zero-order valence-electron chi connectivity index (χ0n) is 11.4. The molecular formula is C14H26N2O2. The van der Waals surface area contributed by atoms with E-state index in [0.29, 0.717) is 12.6 Å². The summed E-state index contributed by atoms with van der Waals surface area (Å²) in [5.41, 5.74) is 5.12. The predicted octanol–water partition coefficient (Wildman–Crippen LogP) is 1.83. The minimum absolute atomic E-state index is 0.184. The van der Waals surface area contributed by atoms with E-state index < -0.39 is 11.5 Å². The summed E-state index contributed by atoms with van der Waals surface area (Å²) in [5, 5.41) is 9.39. The van der Waals surface area contributed by atoms with Crippen LogP contribution in [-0.2, 0) is 4.79 Å². The molecule has 2 rings (SSSR count). The van der Waals surface area contributed by atoms with Gasteiger partial charge in [0.25, 0.3) is 0 Å². The molecule has 2 fully saturated rings. The Labute approximate surface area is 110 Å². The molecule has 0 heterocycles. The Morgan fingerprint density at radius 1 is 1.22 bits per heavy atom. The SMILES string of the molecule is CN(CC(N)(C(=O)O)C1CC1)C1CCCCCC1. The summed E-state index contributed by atoms with van der Waals surface area (Å²) in [5.74, 6) is -0.645. The van der Waals surface area contributed by atoms with E-state index in [1.165, 1.54) is 38.5 Å². The van der Waals surface area contributed by atoms with E-state index in [-0.39, 0.29) is 5.92 Å². The summed E-state index contributed by atoms with van der Waals surface area (Å²) in [7, 11) is 2.04. The minimum Gasteiger partial charge on any atom is -0.480 e. The summed E-state index contributed by atoms with van der Waals surface area (Å²) in [6.07, 6.45) is 9.50. The number of hydrogen-bond donors (Lipinski definition) is 2. The third-order valence-electron chi connectivity index (χ3n) is 4.66. The zero-order valence-corrected chi connectivity index (χ0v) is 11.4. The Bertz CT molecular complexity index is 296. The summed E-state index contributed by atoms with van der Waals surface area (Å²) in [4.78, 5) is 13.6. The van der Waals surface area contributed by atoms with Gasteiger partial charge in [0.2, 0.25) is 0 Å². The summed E-state index contributed by atoms with van der Waals surface area (Å²) in [6, 6.07) is 0.522. The van der Waals surface area contributed by atoms with Gasteiger partial charge < -0.3 is 15.7 Å². The van der Waals surface area contributed by atoms with Crippen molar-refractivity contribution in [3.05, 3.63) is 0 Å². The number of likely N-dealkylation sites (N-methyl/N-ethyl adjacent to an activating group) is 1. The second kappa shape index (κ2) is 5.57. The Hall–Kier alpha value is -0.610. The smallest absolute Gasteiger partial charge is 0.325 e. The molecule has 0 aromatic carbocycles. The normalized spacial score (nSPS) is 25.7. The zero-order chi connectivity index (χ0) is 13.2. The quantitative estimate of drug-likeness (QED) is 0.735. The van der Waals surface area contributed by atoms with Crippen LogP contribution >= 0.6 is 0 Å². The fraction of sp³-hybridized carbons (Fsp3) is 0.929. The van der Waals surface area contributed by atoms with Crippen LogP contribution in [0.2, 0.25) is 0 Å². The van der Waals surface area contributed by atoms with Gasteiger partial charge in [0.15, 0.2) is 0 Å². The van der Waals surface area contributed by atoms with Gasteiger partial charge in [-0.15, -0.1) is 0 Å². The maximum Gasteiger partial charge on any atom is 0.325 e. The Morgan fingerprint density at radius 3 is 2.22 bits per heavy atom. The van der Waals surface area contributed by atoms with Crippen LogP contribution in [0.1, 0.15) is 51.4 Å². The molecule has 0 aromatic rings. The first-order chi connectivity index (χ1) is 8.54. The van der Waals surface area contributed by atoms with E-state index >= 15 is 0 Å². The second-order valence-corrected chi connectivity index (χ2v) is 6.18. The lowest BCUT2D eigenvalue weighted by Crippen LogP contribution is -2.58. The van der Waals surface area contributed by atoms with Gasteiger partial charge in [-0.1, -0.05) is 25.7 Å². The lowest BCUT2D eigenvalue weighted by atomic mass is 9.92. The van der Waals surface area contributed by atoms with Crippen LogP contribution in [0.3, 0.4) is 0 Å². The summed E-state index contributed by atoms with van der Waals surface area (Å²) in [6.45, 7) is 0.498. The van der Waals surface area contributed by atoms with Gasteiger partial charge in [-0.25, -0.2) is 0 Å². The minimum atomic E-state index is -1.03. The van der Waals surface area contributed by atoms with Crippen LogP contribution in [0.25, 0.3) is 0 Å². The van der Waals surface area contributed by atoms with Gasteiger partial charge in [-0.05, 0) is 38.6 Å². The first-order valence-electron chi connectivity index (χ1n) is 7.26. The molecule has 4 nitrogen and oxygen atoms in total. The van der Waals surface area contributed by atoms with E-state index in [9.17, 15) is 9.90 Å². The number of aliphatic carboxylic acids is 1. The van der Waals surface area contributed by atoms with Gasteiger partial charge in [-0.3, -0.25) is 4.79 Å². The first kappa shape index (κ1) is 13.8. The van der Waals surface area contributed by atoms with Crippen LogP contribution in [0.4, 0.5) is 0 Å². The number of nitrogens with two attached hydrogens (primary N) is 1. The molecule has 0 saturated heterocycles. The van der Waals surface area contributed by atoms with Crippen molar-refractivity contribution in [1.82, 2.24) is 4.90 Å². The van der Waals surface area contributed by atoms with Gasteiger partial charge in [0.1, 0.15) is 5.54 Å². The third-order valence-corrected chi connectivity index (χ3v) is 4.66. The molecule has 0 aromatic heterocycles. The first-order valence-corrected chi connectivity index (χ1v) is 7.26. The molecule has 104 valence electrons. The van der Waals surface area contributed by atoms with Gasteiger partial charge in [0, 0.05) is 12.6 Å². The van der Waals surface area contributed by atoms with Crippen molar-refractivity contribution in [3.63, 3.8) is 0 Å². The van der Waals surface area contributed by atoms with Crippen molar-refractivity contribution in [2.24, 2.45) is 11.7 Å². The van der Waals surface area contributed by atoms with Crippen molar-refractivity contribution in [2.75, 3.05) is 13.6 Å². The van der Waals surface area contributed by atoms with Crippen molar-refractivity contribution >= 4 is 5.97 Å². The largest absolute Gasteiger partial charge is 0.480 e. The highest BCUT2D eigenvalue weighted by molar-refractivity contribution is 5.79. The summed E-state index contributed by atoms with van der Waals surface area (Å²) >= 11 is 0. The molecule has 3 N–H and O–H groups in total. The van der Waals surface area contributed by atoms with Crippen LogP contribution in [0.5, 0.6) is 0 Å². The molecule has 0 spiro atoms. The topological polar surface area (TPSA) is 66.6 Å². The predicted molar refractivity (Wildman–Crippen MR) is 71.4 cm³/mol. The average Bonchev–Trinajstić information content (AvgIpc) is 3.15. The standard InChI is InChI=1S/C14H26N2O2/c1-16(12-6-4-2-3-5-7-12)10-14(15,13(17)18)11-8-9-11/h11-12H,2-10,15H2,1H3,(H,17,18). The number of nitrogens with zero attached hydrogens (tertiary/aromatic N) is 1. The van der Waals surface area contributed by atoms with Crippen molar-refractivity contribution in [3.8, 4) is 0 Å². The number of rotatable bonds is 5. The van der Waals surface area contributed by atoms with E-state index in [1.807, 2.05) is 7.05 Å². The van der Waals surface area contributed by atoms with Crippen LogP contribution in [0, 0.1) is 5.92 Å². The number of carboxylic acid groups (broad SMARTS) is 1. The molecule has 2 saturated carbocycles. The highest BCUT2D eigenvalue weighted by atomic mass is 16.4. The molecule has 0 aliphatic heterocycles. The van der Waals surface area contributed by atoms with Gasteiger partial charge in [-0.2, -0.15) is 0 Å². The molecule has 1 unspecified atom stereocenters. The fourth-order valence-electron chi connectivity index (χ4n) is 3.21. The van der Waals surface area contributed by atoms with E-state index in [2.05, 4.69) is 4.90 Å². The average molecular weight is 254 g/mol. The molecule has 1 atom stereocenters. The van der Waals surface area contributed by atoms with Gasteiger partial charge >= 0.3 is 5.97 Å².